The van der Waals surface area contributed by atoms with Crippen LogP contribution in [0, 0.1) is 0 Å². The number of hydrogen-bond acceptors (Lipinski definition) is 5. The first-order valence-electron chi connectivity index (χ1n) is 11.1. The highest BCUT2D eigenvalue weighted by Gasteiger charge is 2.19. The standard InChI is InChI=1S/C26H29ClN2O5S/c1-19(2)34-25-6-4-5-23(17-25)29(35(3,31)32)18-20-7-9-21(10-8-20)26(30)28-15-16-33-24-13-11-22(27)12-14-24/h4-14,17,19H,15-16,18H2,1-3H3,(H,28,30). The number of amides is 1. The molecule has 0 aliphatic carbocycles. The first-order valence-corrected chi connectivity index (χ1v) is 13.3. The lowest BCUT2D eigenvalue weighted by Crippen LogP contribution is -2.29. The van der Waals surface area contributed by atoms with Crippen molar-refractivity contribution in [3.8, 4) is 11.5 Å². The van der Waals surface area contributed by atoms with Crippen molar-refractivity contribution in [3.05, 3.63) is 88.9 Å². The second kappa shape index (κ2) is 12.0. The maximum atomic E-state index is 12.5. The zero-order valence-corrected chi connectivity index (χ0v) is 21.5. The van der Waals surface area contributed by atoms with Crippen molar-refractivity contribution in [2.75, 3.05) is 23.7 Å². The summed E-state index contributed by atoms with van der Waals surface area (Å²) in [6, 6.07) is 20.8. The first-order chi connectivity index (χ1) is 16.6. The number of carbonyl (C=O) groups excluding carboxylic acids is 1. The van der Waals surface area contributed by atoms with Gasteiger partial charge in [-0.15, -0.1) is 0 Å². The van der Waals surface area contributed by atoms with Crippen LogP contribution in [0.25, 0.3) is 0 Å². The highest BCUT2D eigenvalue weighted by Crippen LogP contribution is 2.26. The van der Waals surface area contributed by atoms with E-state index in [2.05, 4.69) is 5.32 Å². The molecular weight excluding hydrogens is 488 g/mol. The monoisotopic (exact) mass is 516 g/mol. The molecular formula is C26H29ClN2O5S. The lowest BCUT2D eigenvalue weighted by atomic mass is 10.1. The van der Waals surface area contributed by atoms with E-state index in [1.165, 1.54) is 4.31 Å². The molecule has 9 heteroatoms. The Morgan fingerprint density at radius 1 is 1.00 bits per heavy atom. The van der Waals surface area contributed by atoms with E-state index in [9.17, 15) is 13.2 Å². The van der Waals surface area contributed by atoms with Gasteiger partial charge in [0.2, 0.25) is 10.0 Å². The summed E-state index contributed by atoms with van der Waals surface area (Å²) in [4.78, 5) is 12.4. The van der Waals surface area contributed by atoms with E-state index in [4.69, 9.17) is 21.1 Å². The molecule has 1 N–H and O–H groups in total. The topological polar surface area (TPSA) is 84.9 Å². The highest BCUT2D eigenvalue weighted by atomic mass is 35.5. The van der Waals surface area contributed by atoms with Crippen molar-refractivity contribution < 1.29 is 22.7 Å². The van der Waals surface area contributed by atoms with Crippen molar-refractivity contribution >= 4 is 33.2 Å². The predicted molar refractivity (Wildman–Crippen MR) is 139 cm³/mol. The van der Waals surface area contributed by atoms with Gasteiger partial charge in [-0.2, -0.15) is 0 Å². The molecule has 0 saturated heterocycles. The molecule has 0 heterocycles. The molecule has 0 radical (unpaired) electrons. The largest absolute Gasteiger partial charge is 0.492 e. The molecule has 0 aromatic heterocycles. The fraction of sp³-hybridized carbons (Fsp3) is 0.269. The summed E-state index contributed by atoms with van der Waals surface area (Å²) in [5, 5.41) is 3.43. The van der Waals surface area contributed by atoms with Crippen LogP contribution in [0.5, 0.6) is 11.5 Å². The number of halogens is 1. The smallest absolute Gasteiger partial charge is 0.251 e. The molecule has 0 bridgehead atoms. The molecule has 1 amide bonds. The zero-order valence-electron chi connectivity index (χ0n) is 19.9. The molecule has 0 unspecified atom stereocenters. The number of sulfonamides is 1. The van der Waals surface area contributed by atoms with Crippen LogP contribution >= 0.6 is 11.6 Å². The van der Waals surface area contributed by atoms with Crippen LogP contribution in [0.4, 0.5) is 5.69 Å². The van der Waals surface area contributed by atoms with Gasteiger partial charge in [0.15, 0.2) is 0 Å². The average molecular weight is 517 g/mol. The third kappa shape index (κ3) is 8.19. The van der Waals surface area contributed by atoms with Gasteiger partial charge < -0.3 is 14.8 Å². The molecule has 3 aromatic rings. The van der Waals surface area contributed by atoms with Crippen molar-refractivity contribution in [2.24, 2.45) is 0 Å². The van der Waals surface area contributed by atoms with Gasteiger partial charge in [0.25, 0.3) is 5.91 Å². The molecule has 0 aliphatic rings. The zero-order chi connectivity index (χ0) is 25.4. The van der Waals surface area contributed by atoms with Gasteiger partial charge in [-0.05, 0) is 67.9 Å². The summed E-state index contributed by atoms with van der Waals surface area (Å²) in [6.45, 7) is 4.59. The molecule has 186 valence electrons. The number of nitrogens with zero attached hydrogens (tertiary/aromatic N) is 1. The van der Waals surface area contributed by atoms with E-state index in [-0.39, 0.29) is 18.6 Å². The number of anilines is 1. The molecule has 0 spiro atoms. The lowest BCUT2D eigenvalue weighted by Gasteiger charge is -2.23. The van der Waals surface area contributed by atoms with Crippen molar-refractivity contribution in [3.63, 3.8) is 0 Å². The Bertz CT molecular complexity index is 1230. The van der Waals surface area contributed by atoms with E-state index in [0.29, 0.717) is 40.9 Å². The van der Waals surface area contributed by atoms with Crippen molar-refractivity contribution in [1.29, 1.82) is 0 Å². The summed E-state index contributed by atoms with van der Waals surface area (Å²) in [6.07, 6.45) is 1.14. The van der Waals surface area contributed by atoms with Crippen molar-refractivity contribution in [1.82, 2.24) is 5.32 Å². The second-order valence-corrected chi connectivity index (χ2v) is 10.5. The van der Waals surface area contributed by atoms with Gasteiger partial charge in [-0.1, -0.05) is 29.8 Å². The van der Waals surface area contributed by atoms with Gasteiger partial charge in [0, 0.05) is 16.7 Å². The maximum Gasteiger partial charge on any atom is 0.251 e. The Labute approximate surface area is 211 Å². The summed E-state index contributed by atoms with van der Waals surface area (Å²) in [7, 11) is -3.55. The summed E-state index contributed by atoms with van der Waals surface area (Å²) in [5.41, 5.74) is 1.72. The first kappa shape index (κ1) is 26.4. The SMILES string of the molecule is CC(C)Oc1cccc(N(Cc2ccc(C(=O)NCCOc3ccc(Cl)cc3)cc2)S(C)(=O)=O)c1. The Kier molecular flexibility index (Phi) is 9.01. The molecule has 0 saturated carbocycles. The molecule has 35 heavy (non-hydrogen) atoms. The van der Waals surface area contributed by atoms with Gasteiger partial charge in [0.1, 0.15) is 18.1 Å². The van der Waals surface area contributed by atoms with Crippen LogP contribution in [0.3, 0.4) is 0 Å². The minimum atomic E-state index is -3.55. The van der Waals surface area contributed by atoms with E-state index >= 15 is 0 Å². The van der Waals surface area contributed by atoms with Crippen LogP contribution in [-0.4, -0.2) is 39.8 Å². The van der Waals surface area contributed by atoms with E-state index in [1.807, 2.05) is 13.8 Å². The Morgan fingerprint density at radius 2 is 1.69 bits per heavy atom. The van der Waals surface area contributed by atoms with Gasteiger partial charge in [0.05, 0.1) is 31.1 Å². The number of carbonyl (C=O) groups is 1. The number of benzene rings is 3. The third-order valence-electron chi connectivity index (χ3n) is 4.89. The molecule has 3 aromatic carbocycles. The molecule has 0 fully saturated rings. The van der Waals surface area contributed by atoms with E-state index in [0.717, 1.165) is 11.8 Å². The Morgan fingerprint density at radius 3 is 2.31 bits per heavy atom. The summed E-state index contributed by atoms with van der Waals surface area (Å²) >= 11 is 5.85. The molecule has 7 nitrogen and oxygen atoms in total. The van der Waals surface area contributed by atoms with Crippen LogP contribution in [0.15, 0.2) is 72.8 Å². The van der Waals surface area contributed by atoms with Gasteiger partial charge in [-0.3, -0.25) is 9.10 Å². The second-order valence-electron chi connectivity index (χ2n) is 8.19. The summed E-state index contributed by atoms with van der Waals surface area (Å²) in [5.74, 6) is 1.03. The fourth-order valence-corrected chi connectivity index (χ4v) is 4.28. The van der Waals surface area contributed by atoms with Gasteiger partial charge >= 0.3 is 0 Å². The number of hydrogen-bond donors (Lipinski definition) is 1. The van der Waals surface area contributed by atoms with Gasteiger partial charge in [-0.25, -0.2) is 8.42 Å². The molecule has 0 aliphatic heterocycles. The van der Waals surface area contributed by atoms with Crippen LogP contribution in [0.2, 0.25) is 5.02 Å². The van der Waals surface area contributed by atoms with Crippen molar-refractivity contribution in [2.45, 2.75) is 26.5 Å². The lowest BCUT2D eigenvalue weighted by molar-refractivity contribution is 0.0947. The Balaban J connectivity index is 1.60. The van der Waals surface area contributed by atoms with E-state index < -0.39 is 10.0 Å². The maximum absolute atomic E-state index is 12.5. The van der Waals surface area contributed by atoms with Crippen LogP contribution in [-0.2, 0) is 16.6 Å². The average Bonchev–Trinajstić information content (AvgIpc) is 2.80. The van der Waals surface area contributed by atoms with Crippen LogP contribution < -0.4 is 19.1 Å². The van der Waals surface area contributed by atoms with Crippen LogP contribution in [0.1, 0.15) is 29.8 Å². The third-order valence-corrected chi connectivity index (χ3v) is 6.28. The predicted octanol–water partition coefficient (Wildman–Crippen LogP) is 4.90. The minimum Gasteiger partial charge on any atom is -0.492 e. The number of ether oxygens (including phenoxy) is 2. The summed E-state index contributed by atoms with van der Waals surface area (Å²) < 4.78 is 37.6. The quantitative estimate of drug-likeness (QED) is 0.366. The Hall–Kier alpha value is -3.23. The number of nitrogens with one attached hydrogen (secondary N) is 1. The number of rotatable bonds is 11. The highest BCUT2D eigenvalue weighted by molar-refractivity contribution is 7.92. The minimum absolute atomic E-state index is 0.0281. The molecule has 3 rings (SSSR count). The van der Waals surface area contributed by atoms with E-state index in [1.54, 1.807) is 72.8 Å². The fourth-order valence-electron chi connectivity index (χ4n) is 3.28. The molecule has 0 atom stereocenters. The normalized spacial score (nSPS) is 11.2.